The van der Waals surface area contributed by atoms with Crippen LogP contribution in [-0.4, -0.2) is 30.0 Å². The third kappa shape index (κ3) is 3.01. The molecule has 0 saturated carbocycles. The van der Waals surface area contributed by atoms with Crippen LogP contribution in [-0.2, 0) is 10.0 Å². The molecule has 6 nitrogen and oxygen atoms in total. The summed E-state index contributed by atoms with van der Waals surface area (Å²) in [7, 11) is -4.27. The lowest BCUT2D eigenvalue weighted by Gasteiger charge is -2.14. The molecule has 4 rings (SSSR count). The molecule has 1 N–H and O–H groups in total. The fraction of sp³-hybridized carbons (Fsp3) is 0.188. The van der Waals surface area contributed by atoms with E-state index in [4.69, 9.17) is 23.2 Å². The molecule has 1 aliphatic heterocycles. The van der Waals surface area contributed by atoms with Crippen LogP contribution in [0.5, 0.6) is 0 Å². The summed E-state index contributed by atoms with van der Waals surface area (Å²) in [5.74, 6) is 0. The first-order chi connectivity index (χ1) is 12.8. The molecular weight excluding hydrogens is 497 g/mol. The zero-order valence-corrected chi connectivity index (χ0v) is 18.3. The number of benzene rings is 1. The Kier molecular flexibility index (Phi) is 5.02. The number of thiophene rings is 1. The maximum Gasteiger partial charge on any atom is 0.347 e. The Hall–Kier alpha value is -1.10. The number of halogens is 3. The number of fused-ring (bicyclic) bond motifs is 1. The largest absolute Gasteiger partial charge is 0.347 e. The zero-order valence-electron chi connectivity index (χ0n) is 13.6. The van der Waals surface area contributed by atoms with Gasteiger partial charge in [-0.15, -0.1) is 11.3 Å². The molecule has 3 heterocycles. The Balaban J connectivity index is 2.08. The van der Waals surface area contributed by atoms with Crippen molar-refractivity contribution in [2.45, 2.75) is 11.3 Å². The molecule has 27 heavy (non-hydrogen) atoms. The first-order valence-corrected chi connectivity index (χ1v) is 11.7. The number of para-hydroxylation sites is 2. The number of nitrogens with zero attached hydrogens (tertiary/aromatic N) is 2. The Morgan fingerprint density at radius 1 is 1.15 bits per heavy atom. The molecule has 3 aromatic rings. The average molecular weight is 509 g/mol. The Morgan fingerprint density at radius 3 is 2.44 bits per heavy atom. The van der Waals surface area contributed by atoms with E-state index in [1.165, 1.54) is 4.57 Å². The minimum Gasteiger partial charge on any atom is -0.313 e. The van der Waals surface area contributed by atoms with Gasteiger partial charge in [-0.1, -0.05) is 41.4 Å². The topological polar surface area (TPSA) is 73.1 Å². The molecule has 0 fully saturated rings. The van der Waals surface area contributed by atoms with Crippen LogP contribution in [0.2, 0.25) is 8.67 Å². The number of aromatic nitrogens is 2. The van der Waals surface area contributed by atoms with Gasteiger partial charge in [-0.25, -0.2) is 13.2 Å². The van der Waals surface area contributed by atoms with Crippen molar-refractivity contribution in [3.05, 3.63) is 54.0 Å². The van der Waals surface area contributed by atoms with Gasteiger partial charge in [-0.05, 0) is 28.1 Å². The normalized spacial score (nSPS) is 15.3. The summed E-state index contributed by atoms with van der Waals surface area (Å²) in [6.45, 7) is 1.33. The molecule has 0 bridgehead atoms. The molecule has 0 spiro atoms. The van der Waals surface area contributed by atoms with Gasteiger partial charge in [0.15, 0.2) is 0 Å². The Bertz CT molecular complexity index is 1260. The van der Waals surface area contributed by atoms with E-state index in [1.54, 1.807) is 24.3 Å². The van der Waals surface area contributed by atoms with Crippen molar-refractivity contribution in [1.82, 2.24) is 13.9 Å². The van der Waals surface area contributed by atoms with Crippen LogP contribution in [0, 0.1) is 0 Å². The maximum atomic E-state index is 13.4. The molecule has 142 valence electrons. The predicted octanol–water partition coefficient (Wildman–Crippen LogP) is 4.01. The fourth-order valence-corrected chi connectivity index (χ4v) is 7.98. The number of hydrogen-bond donors (Lipinski definition) is 1. The Labute approximate surface area is 177 Å². The second kappa shape index (κ2) is 7.06. The van der Waals surface area contributed by atoms with Crippen molar-refractivity contribution < 1.29 is 8.42 Å². The van der Waals surface area contributed by atoms with Crippen LogP contribution >= 0.6 is 50.5 Å². The summed E-state index contributed by atoms with van der Waals surface area (Å²) in [6, 6.07) is 6.78. The van der Waals surface area contributed by atoms with Crippen molar-refractivity contribution in [3.8, 4) is 0 Å². The van der Waals surface area contributed by atoms with Gasteiger partial charge in [-0.2, -0.15) is 3.97 Å². The lowest BCUT2D eigenvalue weighted by Crippen LogP contribution is -2.31. The van der Waals surface area contributed by atoms with E-state index in [-0.39, 0.29) is 23.6 Å². The highest BCUT2D eigenvalue weighted by molar-refractivity contribution is 9.10. The molecule has 0 aliphatic carbocycles. The molecule has 0 saturated heterocycles. The predicted molar refractivity (Wildman–Crippen MR) is 113 cm³/mol. The summed E-state index contributed by atoms with van der Waals surface area (Å²) >= 11 is 16.3. The van der Waals surface area contributed by atoms with Gasteiger partial charge in [0.2, 0.25) is 0 Å². The van der Waals surface area contributed by atoms with E-state index < -0.39 is 15.7 Å². The SMILES string of the molecule is O=c1n(C2=CCNCC2)c2ccccc2n1S(=O)(=O)c1c(Cl)sc(Cl)c1Br. The average Bonchev–Trinajstić information content (AvgIpc) is 3.08. The van der Waals surface area contributed by atoms with Gasteiger partial charge in [-0.3, -0.25) is 4.57 Å². The third-order valence-electron chi connectivity index (χ3n) is 4.26. The number of rotatable bonds is 3. The van der Waals surface area contributed by atoms with Crippen LogP contribution in [0.15, 0.2) is 44.5 Å². The standard InChI is InChI=1S/C16H12BrCl2N3O3S2/c17-12-13(15(19)26-14(12)18)27(24,25)22-11-4-2-1-3-10(11)21(16(22)23)9-5-7-20-8-6-9/h1-5,20H,6-8H2. The third-order valence-corrected chi connectivity index (χ3v) is 9.41. The van der Waals surface area contributed by atoms with Crippen molar-refractivity contribution in [1.29, 1.82) is 0 Å². The molecule has 2 aromatic heterocycles. The Morgan fingerprint density at radius 2 is 1.85 bits per heavy atom. The second-order valence-corrected chi connectivity index (χ2v) is 10.6. The molecule has 11 heteroatoms. The lowest BCUT2D eigenvalue weighted by molar-refractivity contribution is 0.586. The van der Waals surface area contributed by atoms with Gasteiger partial charge in [0, 0.05) is 25.2 Å². The van der Waals surface area contributed by atoms with Gasteiger partial charge in [0.25, 0.3) is 10.0 Å². The van der Waals surface area contributed by atoms with Crippen molar-refractivity contribution in [3.63, 3.8) is 0 Å². The molecule has 0 unspecified atom stereocenters. The van der Waals surface area contributed by atoms with Crippen LogP contribution < -0.4 is 11.0 Å². The molecule has 1 aliphatic rings. The highest BCUT2D eigenvalue weighted by Gasteiger charge is 2.32. The highest BCUT2D eigenvalue weighted by Crippen LogP contribution is 2.43. The van der Waals surface area contributed by atoms with Gasteiger partial charge in [0.05, 0.1) is 15.5 Å². The first kappa shape index (κ1) is 19.2. The van der Waals surface area contributed by atoms with E-state index in [9.17, 15) is 13.2 Å². The van der Waals surface area contributed by atoms with E-state index in [0.717, 1.165) is 21.0 Å². The van der Waals surface area contributed by atoms with Crippen LogP contribution in [0.1, 0.15) is 6.42 Å². The van der Waals surface area contributed by atoms with E-state index in [1.807, 2.05) is 6.08 Å². The van der Waals surface area contributed by atoms with Crippen LogP contribution in [0.4, 0.5) is 0 Å². The number of hydrogen-bond acceptors (Lipinski definition) is 5. The zero-order chi connectivity index (χ0) is 19.3. The fourth-order valence-electron chi connectivity index (χ4n) is 3.10. The van der Waals surface area contributed by atoms with Crippen LogP contribution in [0.3, 0.4) is 0 Å². The van der Waals surface area contributed by atoms with E-state index in [0.29, 0.717) is 25.0 Å². The second-order valence-electron chi connectivity index (χ2n) is 5.82. The maximum absolute atomic E-state index is 13.4. The van der Waals surface area contributed by atoms with Gasteiger partial charge >= 0.3 is 5.69 Å². The van der Waals surface area contributed by atoms with E-state index in [2.05, 4.69) is 21.2 Å². The van der Waals surface area contributed by atoms with Gasteiger partial charge in [0.1, 0.15) is 13.6 Å². The van der Waals surface area contributed by atoms with Crippen molar-refractivity contribution in [2.75, 3.05) is 13.1 Å². The van der Waals surface area contributed by atoms with Gasteiger partial charge < -0.3 is 5.32 Å². The molecular formula is C16H12BrCl2N3O3S2. The van der Waals surface area contributed by atoms with Crippen LogP contribution in [0.25, 0.3) is 16.7 Å². The summed E-state index contributed by atoms with van der Waals surface area (Å²) in [4.78, 5) is 13.0. The summed E-state index contributed by atoms with van der Waals surface area (Å²) in [5, 5.41) is 3.18. The smallest absolute Gasteiger partial charge is 0.313 e. The number of imidazole rings is 1. The molecule has 1 aromatic carbocycles. The lowest BCUT2D eigenvalue weighted by atomic mass is 10.2. The molecule has 0 amide bonds. The minimum absolute atomic E-state index is 0.00307. The molecule has 0 radical (unpaired) electrons. The first-order valence-electron chi connectivity index (χ1n) is 7.85. The van der Waals surface area contributed by atoms with E-state index >= 15 is 0 Å². The summed E-state index contributed by atoms with van der Waals surface area (Å²) in [6.07, 6.45) is 2.50. The summed E-state index contributed by atoms with van der Waals surface area (Å²) < 4.78 is 29.3. The minimum atomic E-state index is -4.27. The summed E-state index contributed by atoms with van der Waals surface area (Å²) in [5.41, 5.74) is 0.909. The quantitative estimate of drug-likeness (QED) is 0.580. The monoisotopic (exact) mass is 507 g/mol. The highest BCUT2D eigenvalue weighted by atomic mass is 79.9. The number of nitrogens with one attached hydrogen (secondary N) is 1. The molecule has 0 atom stereocenters. The van der Waals surface area contributed by atoms with Crippen molar-refractivity contribution in [2.24, 2.45) is 0 Å². The van der Waals surface area contributed by atoms with Crippen molar-refractivity contribution >= 4 is 77.2 Å².